The van der Waals surface area contributed by atoms with Crippen LogP contribution in [-0.2, 0) is 9.53 Å². The molecule has 0 N–H and O–H groups in total. The smallest absolute Gasteiger partial charge is 0.338 e. The van der Waals surface area contributed by atoms with Crippen molar-refractivity contribution in [2.45, 2.75) is 19.9 Å². The third-order valence-electron chi connectivity index (χ3n) is 5.70. The maximum absolute atomic E-state index is 13.7. The van der Waals surface area contributed by atoms with E-state index < -0.39 is 12.0 Å². The van der Waals surface area contributed by atoms with Crippen LogP contribution in [0.3, 0.4) is 0 Å². The molecule has 0 saturated heterocycles. The number of esters is 1. The van der Waals surface area contributed by atoms with Gasteiger partial charge in [-0.2, -0.15) is 0 Å². The molecule has 3 aromatic rings. The van der Waals surface area contributed by atoms with E-state index in [0.717, 1.165) is 10.0 Å². The van der Waals surface area contributed by atoms with E-state index in [1.165, 1.54) is 11.3 Å². The van der Waals surface area contributed by atoms with E-state index in [0.29, 0.717) is 43.4 Å². The van der Waals surface area contributed by atoms with E-state index in [4.69, 9.17) is 18.9 Å². The van der Waals surface area contributed by atoms with Gasteiger partial charge in [-0.1, -0.05) is 23.5 Å². The highest BCUT2D eigenvalue weighted by atomic mass is 79.9. The fraction of sp³-hybridized carbons (Fsp3) is 0.240. The number of carbonyl (C=O) groups is 1. The number of ether oxygens (including phenoxy) is 4. The second kappa shape index (κ2) is 9.35. The van der Waals surface area contributed by atoms with E-state index in [-0.39, 0.29) is 19.0 Å². The fourth-order valence-corrected chi connectivity index (χ4v) is 5.72. The minimum atomic E-state index is -0.718. The first-order valence-corrected chi connectivity index (χ1v) is 12.4. The topological polar surface area (TPSA) is 88.4 Å². The van der Waals surface area contributed by atoms with E-state index in [1.807, 2.05) is 24.3 Å². The minimum absolute atomic E-state index is 0.124. The number of benzene rings is 2. The van der Waals surface area contributed by atoms with Gasteiger partial charge in [-0.3, -0.25) is 9.36 Å². The van der Waals surface area contributed by atoms with Crippen molar-refractivity contribution in [3.63, 3.8) is 0 Å². The van der Waals surface area contributed by atoms with E-state index in [9.17, 15) is 9.59 Å². The van der Waals surface area contributed by atoms with Crippen LogP contribution in [0.4, 0.5) is 0 Å². The Kier molecular flexibility index (Phi) is 6.24. The second-order valence-corrected chi connectivity index (χ2v) is 9.67. The monoisotopic (exact) mass is 556 g/mol. The number of fused-ring (bicyclic) bond motifs is 2. The van der Waals surface area contributed by atoms with Crippen LogP contribution in [0, 0.1) is 0 Å². The number of carbonyl (C=O) groups excluding carboxylic acids is 1. The summed E-state index contributed by atoms with van der Waals surface area (Å²) < 4.78 is 24.4. The highest BCUT2D eigenvalue weighted by Crippen LogP contribution is 2.38. The molecular weight excluding hydrogens is 536 g/mol. The number of rotatable bonds is 5. The lowest BCUT2D eigenvalue weighted by Crippen LogP contribution is -2.39. The second-order valence-electron chi connectivity index (χ2n) is 7.81. The van der Waals surface area contributed by atoms with E-state index in [1.54, 1.807) is 43.7 Å². The van der Waals surface area contributed by atoms with Crippen LogP contribution in [0.2, 0.25) is 0 Å². The summed E-state index contributed by atoms with van der Waals surface area (Å²) in [5.41, 5.74) is 2.09. The van der Waals surface area contributed by atoms with Gasteiger partial charge >= 0.3 is 5.97 Å². The highest BCUT2D eigenvalue weighted by molar-refractivity contribution is 9.10. The summed E-state index contributed by atoms with van der Waals surface area (Å²) >= 11 is 4.75. The number of nitrogens with zero attached hydrogens (tertiary/aromatic N) is 2. The molecule has 5 rings (SSSR count). The van der Waals surface area contributed by atoms with Crippen molar-refractivity contribution in [3.8, 4) is 17.2 Å². The molecule has 2 aliphatic heterocycles. The molecule has 8 nitrogen and oxygen atoms in total. The van der Waals surface area contributed by atoms with Gasteiger partial charge in [-0.05, 0) is 71.2 Å². The van der Waals surface area contributed by atoms with Crippen molar-refractivity contribution in [2.24, 2.45) is 4.99 Å². The molecular formula is C25H21BrN2O6S. The molecule has 0 unspecified atom stereocenters. The lowest BCUT2D eigenvalue weighted by molar-refractivity contribution is -0.139. The Balaban J connectivity index is 1.70. The largest absolute Gasteiger partial charge is 0.496 e. The van der Waals surface area contributed by atoms with Gasteiger partial charge in [0.2, 0.25) is 6.79 Å². The Labute approximate surface area is 212 Å². The molecule has 35 heavy (non-hydrogen) atoms. The Bertz CT molecular complexity index is 1550. The van der Waals surface area contributed by atoms with Crippen LogP contribution in [0.5, 0.6) is 17.2 Å². The minimum Gasteiger partial charge on any atom is -0.496 e. The summed E-state index contributed by atoms with van der Waals surface area (Å²) in [4.78, 5) is 31.8. The number of halogens is 1. The van der Waals surface area contributed by atoms with Crippen LogP contribution in [-0.4, -0.2) is 31.0 Å². The van der Waals surface area contributed by atoms with Gasteiger partial charge in [0.1, 0.15) is 5.75 Å². The number of methoxy groups -OCH3 is 1. The standard InChI is InChI=1S/C25H21BrN2O6S/c1-4-32-24(30)21-13(2)27-25-28(22(21)15-6-8-18-19(11-15)34-12-33-18)23(29)20(35-25)10-14-5-7-17(31-3)16(26)9-14/h5-11,22H,4,12H2,1-3H3/b20-10-/t22-/m0/s1. The molecule has 0 fully saturated rings. The summed E-state index contributed by atoms with van der Waals surface area (Å²) in [6, 6.07) is 10.3. The predicted octanol–water partition coefficient (Wildman–Crippen LogP) is 3.30. The summed E-state index contributed by atoms with van der Waals surface area (Å²) in [5, 5.41) is 0. The molecule has 0 saturated carbocycles. The van der Waals surface area contributed by atoms with Gasteiger partial charge in [0.15, 0.2) is 16.3 Å². The molecule has 0 spiro atoms. The molecule has 3 heterocycles. The van der Waals surface area contributed by atoms with Gasteiger partial charge in [-0.15, -0.1) is 0 Å². The third-order valence-corrected chi connectivity index (χ3v) is 7.31. The zero-order valence-corrected chi connectivity index (χ0v) is 21.6. The van der Waals surface area contributed by atoms with Gasteiger partial charge in [0.25, 0.3) is 5.56 Å². The zero-order chi connectivity index (χ0) is 24.7. The van der Waals surface area contributed by atoms with Gasteiger partial charge in [0.05, 0.1) is 40.0 Å². The van der Waals surface area contributed by atoms with Crippen molar-refractivity contribution < 1.29 is 23.7 Å². The Morgan fingerprint density at radius 1 is 1.26 bits per heavy atom. The van der Waals surface area contributed by atoms with Crippen molar-refractivity contribution in [2.75, 3.05) is 20.5 Å². The van der Waals surface area contributed by atoms with Crippen LogP contribution in [0.1, 0.15) is 31.0 Å². The Morgan fingerprint density at radius 3 is 2.80 bits per heavy atom. The molecule has 0 amide bonds. The molecule has 180 valence electrons. The summed E-state index contributed by atoms with van der Waals surface area (Å²) in [6.45, 7) is 3.83. The maximum Gasteiger partial charge on any atom is 0.338 e. The Hall–Kier alpha value is -3.37. The van der Waals surface area contributed by atoms with Crippen molar-refractivity contribution in [1.29, 1.82) is 0 Å². The van der Waals surface area contributed by atoms with Crippen LogP contribution < -0.4 is 29.1 Å². The zero-order valence-electron chi connectivity index (χ0n) is 19.2. The number of thiazole rings is 1. The van der Waals surface area contributed by atoms with Gasteiger partial charge in [0, 0.05) is 0 Å². The van der Waals surface area contributed by atoms with Gasteiger partial charge < -0.3 is 18.9 Å². The number of allylic oxidation sites excluding steroid dienone is 1. The third kappa shape index (κ3) is 4.17. The molecule has 10 heteroatoms. The quantitative estimate of drug-likeness (QED) is 0.448. The Morgan fingerprint density at radius 2 is 2.06 bits per heavy atom. The molecule has 0 aliphatic carbocycles. The number of aromatic nitrogens is 1. The molecule has 2 aliphatic rings. The number of hydrogen-bond donors (Lipinski definition) is 0. The predicted molar refractivity (Wildman–Crippen MR) is 134 cm³/mol. The molecule has 1 atom stereocenters. The van der Waals surface area contributed by atoms with Gasteiger partial charge in [-0.25, -0.2) is 9.79 Å². The van der Waals surface area contributed by atoms with Crippen LogP contribution >= 0.6 is 27.3 Å². The SMILES string of the molecule is CCOC(=O)C1=C(C)N=c2s/c(=C\c3ccc(OC)c(Br)c3)c(=O)n2[C@H]1c1ccc2c(c1)OCO2. The van der Waals surface area contributed by atoms with E-state index >= 15 is 0 Å². The average molecular weight is 557 g/mol. The lowest BCUT2D eigenvalue weighted by Gasteiger charge is -2.24. The van der Waals surface area contributed by atoms with Crippen LogP contribution in [0.25, 0.3) is 6.08 Å². The van der Waals surface area contributed by atoms with E-state index in [2.05, 4.69) is 20.9 Å². The molecule has 2 aromatic carbocycles. The highest BCUT2D eigenvalue weighted by Gasteiger charge is 2.34. The van der Waals surface area contributed by atoms with Crippen molar-refractivity contribution in [1.82, 2.24) is 4.57 Å². The van der Waals surface area contributed by atoms with Crippen LogP contribution in [0.15, 0.2) is 61.9 Å². The van der Waals surface area contributed by atoms with Crippen molar-refractivity contribution in [3.05, 3.63) is 83.0 Å². The fourth-order valence-electron chi connectivity index (χ4n) is 4.11. The summed E-state index contributed by atoms with van der Waals surface area (Å²) in [5.74, 6) is 1.36. The first-order chi connectivity index (χ1) is 16.9. The summed E-state index contributed by atoms with van der Waals surface area (Å²) in [7, 11) is 1.59. The lowest BCUT2D eigenvalue weighted by atomic mass is 9.95. The molecule has 0 bridgehead atoms. The first-order valence-electron chi connectivity index (χ1n) is 10.8. The summed E-state index contributed by atoms with van der Waals surface area (Å²) in [6.07, 6.45) is 1.80. The number of hydrogen-bond acceptors (Lipinski definition) is 8. The molecule has 1 aromatic heterocycles. The maximum atomic E-state index is 13.7. The average Bonchev–Trinajstić information content (AvgIpc) is 3.42. The molecule has 0 radical (unpaired) electrons. The van der Waals surface area contributed by atoms with Crippen molar-refractivity contribution >= 4 is 39.3 Å². The normalized spacial score (nSPS) is 16.7. The first kappa shape index (κ1) is 23.4.